The zero-order valence-corrected chi connectivity index (χ0v) is 15.0. The fraction of sp³-hybridized carbons (Fsp3) is 0.350. The molecule has 0 saturated carbocycles. The molecule has 0 heterocycles. The summed E-state index contributed by atoms with van der Waals surface area (Å²) in [6, 6.07) is 16.4. The fourth-order valence-electron chi connectivity index (χ4n) is 2.68. The monoisotopic (exact) mass is 325 g/mol. The lowest BCUT2D eigenvalue weighted by molar-refractivity contribution is 0.238. The van der Waals surface area contributed by atoms with Gasteiger partial charge >= 0.3 is 6.03 Å². The Labute approximate surface area is 144 Å². The van der Waals surface area contributed by atoms with Gasteiger partial charge in [0.2, 0.25) is 0 Å². The first-order valence-corrected chi connectivity index (χ1v) is 8.33. The molecule has 0 aliphatic rings. The number of rotatable bonds is 6. The molecule has 0 unspecified atom stereocenters. The maximum absolute atomic E-state index is 12.0. The molecule has 0 bridgehead atoms. The van der Waals surface area contributed by atoms with Crippen LogP contribution < -0.4 is 15.5 Å². The minimum Gasteiger partial charge on any atom is -0.378 e. The molecule has 0 fully saturated rings. The van der Waals surface area contributed by atoms with Crippen LogP contribution in [0.4, 0.5) is 10.5 Å². The van der Waals surface area contributed by atoms with Gasteiger partial charge in [0.1, 0.15) is 0 Å². The molecule has 4 heteroatoms. The van der Waals surface area contributed by atoms with Crippen molar-refractivity contribution >= 4 is 11.7 Å². The van der Waals surface area contributed by atoms with Gasteiger partial charge in [-0.1, -0.05) is 36.4 Å². The van der Waals surface area contributed by atoms with Crippen molar-refractivity contribution in [1.29, 1.82) is 0 Å². The summed E-state index contributed by atoms with van der Waals surface area (Å²) in [5, 5.41) is 5.92. The van der Waals surface area contributed by atoms with E-state index < -0.39 is 0 Å². The van der Waals surface area contributed by atoms with E-state index in [4.69, 9.17) is 0 Å². The molecule has 0 radical (unpaired) electrons. The van der Waals surface area contributed by atoms with Gasteiger partial charge < -0.3 is 15.5 Å². The number of carbonyl (C=O) groups is 1. The van der Waals surface area contributed by atoms with Crippen LogP contribution in [0.3, 0.4) is 0 Å². The summed E-state index contributed by atoms with van der Waals surface area (Å²) in [4.78, 5) is 14.1. The highest BCUT2D eigenvalue weighted by molar-refractivity contribution is 5.74. The van der Waals surface area contributed by atoms with Crippen molar-refractivity contribution < 1.29 is 4.79 Å². The zero-order chi connectivity index (χ0) is 17.5. The average Bonchev–Trinajstić information content (AvgIpc) is 2.55. The third-order valence-electron chi connectivity index (χ3n) is 4.15. The highest BCUT2D eigenvalue weighted by Gasteiger charge is 2.10. The molecule has 2 amide bonds. The summed E-state index contributed by atoms with van der Waals surface area (Å²) >= 11 is 0. The molecule has 0 saturated heterocycles. The van der Waals surface area contributed by atoms with Gasteiger partial charge in [-0.25, -0.2) is 4.79 Å². The van der Waals surface area contributed by atoms with E-state index in [1.54, 1.807) is 0 Å². The molecule has 2 N–H and O–H groups in total. The Hall–Kier alpha value is -2.49. The van der Waals surface area contributed by atoms with E-state index in [0.29, 0.717) is 6.54 Å². The number of carbonyl (C=O) groups excluding carboxylic acids is 1. The Balaban J connectivity index is 1.78. The van der Waals surface area contributed by atoms with Gasteiger partial charge in [-0.2, -0.15) is 0 Å². The predicted molar refractivity (Wildman–Crippen MR) is 101 cm³/mol. The van der Waals surface area contributed by atoms with Crippen molar-refractivity contribution in [3.63, 3.8) is 0 Å². The molecule has 1 atom stereocenters. The number of urea groups is 1. The largest absolute Gasteiger partial charge is 0.378 e. The molecule has 128 valence electrons. The second kappa shape index (κ2) is 8.39. The molecule has 0 aromatic heterocycles. The summed E-state index contributed by atoms with van der Waals surface area (Å²) in [5.74, 6) is 0. The maximum Gasteiger partial charge on any atom is 0.315 e. The SMILES string of the molecule is Cc1ccccc1[C@H](C)NC(=O)NCCc1ccc(N(C)C)cc1. The highest BCUT2D eigenvalue weighted by Crippen LogP contribution is 2.16. The topological polar surface area (TPSA) is 44.4 Å². The lowest BCUT2D eigenvalue weighted by Gasteiger charge is -2.17. The lowest BCUT2D eigenvalue weighted by atomic mass is 10.0. The Bertz CT molecular complexity index is 665. The van der Waals surface area contributed by atoms with Crippen molar-refractivity contribution in [2.45, 2.75) is 26.3 Å². The second-order valence-electron chi connectivity index (χ2n) is 6.29. The number of aryl methyl sites for hydroxylation is 1. The van der Waals surface area contributed by atoms with E-state index in [1.807, 2.05) is 39.2 Å². The Morgan fingerprint density at radius 2 is 1.75 bits per heavy atom. The summed E-state index contributed by atoms with van der Waals surface area (Å²) < 4.78 is 0. The van der Waals surface area contributed by atoms with Gasteiger partial charge in [0, 0.05) is 26.3 Å². The van der Waals surface area contributed by atoms with Crippen LogP contribution >= 0.6 is 0 Å². The van der Waals surface area contributed by atoms with Gasteiger partial charge in [0.05, 0.1) is 6.04 Å². The molecular weight excluding hydrogens is 298 g/mol. The highest BCUT2D eigenvalue weighted by atomic mass is 16.2. The minimum atomic E-state index is -0.129. The summed E-state index contributed by atoms with van der Waals surface area (Å²) in [6.45, 7) is 4.68. The number of nitrogens with one attached hydrogen (secondary N) is 2. The summed E-state index contributed by atoms with van der Waals surface area (Å²) in [5.41, 5.74) is 4.72. The van der Waals surface area contributed by atoms with Crippen molar-refractivity contribution in [1.82, 2.24) is 10.6 Å². The Morgan fingerprint density at radius 1 is 1.08 bits per heavy atom. The van der Waals surface area contributed by atoms with Crippen LogP contribution in [0.15, 0.2) is 48.5 Å². The molecule has 2 rings (SSSR count). The third-order valence-corrected chi connectivity index (χ3v) is 4.15. The molecule has 2 aromatic carbocycles. The summed E-state index contributed by atoms with van der Waals surface area (Å²) in [7, 11) is 4.05. The standard InChI is InChI=1S/C20H27N3O/c1-15-7-5-6-8-19(15)16(2)22-20(24)21-14-13-17-9-11-18(12-10-17)23(3)4/h5-12,16H,13-14H2,1-4H3,(H2,21,22,24)/t16-/m0/s1. The van der Waals surface area contributed by atoms with Crippen LogP contribution in [0.25, 0.3) is 0 Å². The normalized spacial score (nSPS) is 11.7. The van der Waals surface area contributed by atoms with Gasteiger partial charge in [0.25, 0.3) is 0 Å². The molecule has 2 aromatic rings. The number of amides is 2. The zero-order valence-electron chi connectivity index (χ0n) is 15.0. The van der Waals surface area contributed by atoms with Crippen LogP contribution in [0.1, 0.15) is 29.7 Å². The van der Waals surface area contributed by atoms with Crippen LogP contribution in [0.5, 0.6) is 0 Å². The quantitative estimate of drug-likeness (QED) is 0.851. The van der Waals surface area contributed by atoms with E-state index in [1.165, 1.54) is 16.8 Å². The van der Waals surface area contributed by atoms with Crippen LogP contribution in [0.2, 0.25) is 0 Å². The Morgan fingerprint density at radius 3 is 2.38 bits per heavy atom. The van der Waals surface area contributed by atoms with Crippen molar-refractivity contribution in [2.75, 3.05) is 25.5 Å². The average molecular weight is 325 g/mol. The van der Waals surface area contributed by atoms with E-state index in [2.05, 4.69) is 52.8 Å². The van der Waals surface area contributed by atoms with Crippen LogP contribution in [-0.2, 0) is 6.42 Å². The molecule has 0 aliphatic heterocycles. The molecule has 24 heavy (non-hydrogen) atoms. The van der Waals surface area contributed by atoms with Crippen molar-refractivity contribution in [2.24, 2.45) is 0 Å². The number of hydrogen-bond acceptors (Lipinski definition) is 2. The lowest BCUT2D eigenvalue weighted by Crippen LogP contribution is -2.38. The van der Waals surface area contributed by atoms with Gasteiger partial charge in [-0.15, -0.1) is 0 Å². The Kier molecular flexibility index (Phi) is 6.24. The van der Waals surface area contributed by atoms with Crippen molar-refractivity contribution in [3.05, 3.63) is 65.2 Å². The number of hydrogen-bond donors (Lipinski definition) is 2. The molecular formula is C20H27N3O. The van der Waals surface area contributed by atoms with E-state index >= 15 is 0 Å². The summed E-state index contributed by atoms with van der Waals surface area (Å²) in [6.07, 6.45) is 0.819. The van der Waals surface area contributed by atoms with E-state index in [9.17, 15) is 4.79 Å². The molecule has 0 aliphatic carbocycles. The maximum atomic E-state index is 12.0. The van der Waals surface area contributed by atoms with Crippen LogP contribution in [-0.4, -0.2) is 26.7 Å². The van der Waals surface area contributed by atoms with Gasteiger partial charge in [-0.3, -0.25) is 0 Å². The first-order valence-electron chi connectivity index (χ1n) is 8.33. The van der Waals surface area contributed by atoms with Crippen molar-refractivity contribution in [3.8, 4) is 0 Å². The van der Waals surface area contributed by atoms with Gasteiger partial charge in [-0.05, 0) is 49.1 Å². The van der Waals surface area contributed by atoms with E-state index in [0.717, 1.165) is 12.0 Å². The number of nitrogens with zero attached hydrogens (tertiary/aromatic N) is 1. The minimum absolute atomic E-state index is 0.00873. The first-order chi connectivity index (χ1) is 11.5. The predicted octanol–water partition coefficient (Wildman–Crippen LogP) is 3.66. The molecule has 4 nitrogen and oxygen atoms in total. The second-order valence-corrected chi connectivity index (χ2v) is 6.29. The smallest absolute Gasteiger partial charge is 0.315 e. The van der Waals surface area contributed by atoms with E-state index in [-0.39, 0.29) is 12.1 Å². The van der Waals surface area contributed by atoms with Gasteiger partial charge in [0.15, 0.2) is 0 Å². The first kappa shape index (κ1) is 17.9. The molecule has 0 spiro atoms. The number of benzene rings is 2. The van der Waals surface area contributed by atoms with Crippen LogP contribution in [0, 0.1) is 6.92 Å². The third kappa shape index (κ3) is 5.01. The number of anilines is 1. The fourth-order valence-corrected chi connectivity index (χ4v) is 2.68.